The zero-order valence-electron chi connectivity index (χ0n) is 17.9. The summed E-state index contributed by atoms with van der Waals surface area (Å²) in [5.74, 6) is -0.369. The summed E-state index contributed by atoms with van der Waals surface area (Å²) in [5, 5.41) is 5.80. The van der Waals surface area contributed by atoms with Crippen molar-refractivity contribution >= 4 is 34.7 Å². The average Bonchev–Trinajstić information content (AvgIpc) is 3.19. The number of benzene rings is 2. The second-order valence-electron chi connectivity index (χ2n) is 8.04. The molecule has 6 nitrogen and oxygen atoms in total. The summed E-state index contributed by atoms with van der Waals surface area (Å²) < 4.78 is 0. The number of nitrogens with one attached hydrogen (secondary N) is 1. The van der Waals surface area contributed by atoms with E-state index in [0.29, 0.717) is 5.56 Å². The van der Waals surface area contributed by atoms with Crippen molar-refractivity contribution in [1.82, 2.24) is 4.98 Å². The van der Waals surface area contributed by atoms with Crippen LogP contribution in [0.4, 0.5) is 17.1 Å². The van der Waals surface area contributed by atoms with Crippen molar-refractivity contribution in [3.63, 3.8) is 0 Å². The van der Waals surface area contributed by atoms with Gasteiger partial charge in [-0.15, -0.1) is 0 Å². The van der Waals surface area contributed by atoms with Crippen molar-refractivity contribution in [2.75, 3.05) is 21.7 Å². The van der Waals surface area contributed by atoms with Gasteiger partial charge < -0.3 is 20.9 Å². The van der Waals surface area contributed by atoms with Gasteiger partial charge in [-0.1, -0.05) is 17.8 Å². The number of fused-ring (bicyclic) bond motifs is 1. The molecule has 0 radical (unpaired) electrons. The van der Waals surface area contributed by atoms with E-state index in [0.717, 1.165) is 30.9 Å². The number of allylic oxidation sites excluding steroid dienone is 1. The first-order valence-electron chi connectivity index (χ1n) is 10.6. The van der Waals surface area contributed by atoms with E-state index in [2.05, 4.69) is 62.8 Å². The number of aromatic nitrogens is 1. The van der Waals surface area contributed by atoms with Gasteiger partial charge in [-0.3, -0.25) is 9.78 Å². The molecule has 1 unspecified atom stereocenters. The largest absolute Gasteiger partial charge is 0.367 e. The van der Waals surface area contributed by atoms with E-state index < -0.39 is 0 Å². The maximum Gasteiger partial charge on any atom is 0.248 e. The topological polar surface area (TPSA) is 74.5 Å². The molecule has 3 N–H and O–H groups in total. The van der Waals surface area contributed by atoms with Crippen LogP contribution >= 0.6 is 11.8 Å². The Morgan fingerprint density at radius 3 is 2.72 bits per heavy atom. The number of rotatable bonds is 5. The Kier molecular flexibility index (Phi) is 5.49. The number of carbonyl (C=O) groups is 1. The van der Waals surface area contributed by atoms with Gasteiger partial charge in [0.25, 0.3) is 0 Å². The first-order chi connectivity index (χ1) is 15.6. The van der Waals surface area contributed by atoms with Gasteiger partial charge in [-0.2, -0.15) is 0 Å². The molecule has 162 valence electrons. The van der Waals surface area contributed by atoms with Crippen LogP contribution in [0.25, 0.3) is 0 Å². The molecule has 1 aromatic heterocycles. The SMILES string of the molecule is CC1=CSC(Nc2ccc(N3CCc4cc(C(N)=O)ccc4C3)cc2)N1c1cccnc1. The third-order valence-corrected chi connectivity index (χ3v) is 7.00. The lowest BCUT2D eigenvalue weighted by molar-refractivity contribution is 0.1000. The monoisotopic (exact) mass is 443 g/mol. The number of carbonyl (C=O) groups excluding carboxylic acids is 1. The van der Waals surface area contributed by atoms with E-state index >= 15 is 0 Å². The molecule has 7 heteroatoms. The molecule has 1 atom stereocenters. The van der Waals surface area contributed by atoms with Crippen molar-refractivity contribution in [2.45, 2.75) is 25.4 Å². The van der Waals surface area contributed by atoms with Gasteiger partial charge in [0.05, 0.1) is 11.9 Å². The summed E-state index contributed by atoms with van der Waals surface area (Å²) in [5.41, 5.74) is 13.1. The van der Waals surface area contributed by atoms with E-state index in [1.165, 1.54) is 22.5 Å². The highest BCUT2D eigenvalue weighted by molar-refractivity contribution is 8.03. The van der Waals surface area contributed by atoms with Crippen molar-refractivity contribution in [3.05, 3.63) is 94.8 Å². The van der Waals surface area contributed by atoms with Crippen LogP contribution in [0.5, 0.6) is 0 Å². The van der Waals surface area contributed by atoms with E-state index in [-0.39, 0.29) is 11.4 Å². The van der Waals surface area contributed by atoms with Gasteiger partial charge in [-0.25, -0.2) is 0 Å². The first-order valence-corrected chi connectivity index (χ1v) is 11.6. The molecule has 0 saturated carbocycles. The number of nitrogens with zero attached hydrogens (tertiary/aromatic N) is 3. The van der Waals surface area contributed by atoms with Gasteiger partial charge >= 0.3 is 0 Å². The van der Waals surface area contributed by atoms with Crippen molar-refractivity contribution in [1.29, 1.82) is 0 Å². The summed E-state index contributed by atoms with van der Waals surface area (Å²) in [6.07, 6.45) is 4.59. The Labute approximate surface area is 192 Å². The number of primary amides is 1. The Hall–Kier alpha value is -3.45. The lowest BCUT2D eigenvalue weighted by atomic mass is 9.96. The summed E-state index contributed by atoms with van der Waals surface area (Å²) >= 11 is 1.76. The van der Waals surface area contributed by atoms with Crippen LogP contribution in [0.1, 0.15) is 28.4 Å². The van der Waals surface area contributed by atoms with Crippen LogP contribution in [-0.2, 0) is 13.0 Å². The molecule has 3 heterocycles. The Morgan fingerprint density at radius 2 is 1.97 bits per heavy atom. The lowest BCUT2D eigenvalue weighted by Gasteiger charge is -2.31. The standard InChI is InChI=1S/C25H25N5OS/c1-17-16-32-25(30(17)23-3-2-11-27-14-23)28-21-6-8-22(9-7-21)29-12-10-18-13-19(24(26)31)4-5-20(18)15-29/h2-9,11,13-14,16,25,28H,10,12,15H2,1H3,(H2,26,31). The number of hydrogen-bond acceptors (Lipinski definition) is 6. The number of nitrogens with two attached hydrogens (primary N) is 1. The molecule has 0 bridgehead atoms. The number of amides is 1. The number of hydrogen-bond donors (Lipinski definition) is 2. The second-order valence-corrected chi connectivity index (χ2v) is 8.99. The van der Waals surface area contributed by atoms with Crippen LogP contribution < -0.4 is 20.9 Å². The van der Waals surface area contributed by atoms with E-state index in [1.54, 1.807) is 18.0 Å². The Balaban J connectivity index is 1.27. The molecule has 3 aromatic rings. The molecule has 0 aliphatic carbocycles. The minimum Gasteiger partial charge on any atom is -0.367 e. The average molecular weight is 444 g/mol. The van der Waals surface area contributed by atoms with Crippen LogP contribution in [0.2, 0.25) is 0 Å². The normalized spacial score (nSPS) is 17.7. The van der Waals surface area contributed by atoms with Crippen LogP contribution in [0.3, 0.4) is 0 Å². The van der Waals surface area contributed by atoms with Gasteiger partial charge in [0.1, 0.15) is 0 Å². The van der Waals surface area contributed by atoms with E-state index in [9.17, 15) is 4.79 Å². The van der Waals surface area contributed by atoms with Crippen molar-refractivity contribution < 1.29 is 4.79 Å². The number of thioether (sulfide) groups is 1. The minimum atomic E-state index is -0.369. The van der Waals surface area contributed by atoms with Gasteiger partial charge in [0.2, 0.25) is 5.91 Å². The van der Waals surface area contributed by atoms with Gasteiger partial charge in [0, 0.05) is 41.9 Å². The molecule has 2 aliphatic heterocycles. The first kappa shape index (κ1) is 20.5. The number of pyridine rings is 1. The smallest absolute Gasteiger partial charge is 0.248 e. The quantitative estimate of drug-likeness (QED) is 0.603. The fourth-order valence-corrected chi connectivity index (χ4v) is 5.29. The molecule has 2 aromatic carbocycles. The second kappa shape index (κ2) is 8.59. The predicted molar refractivity (Wildman–Crippen MR) is 132 cm³/mol. The summed E-state index contributed by atoms with van der Waals surface area (Å²) in [4.78, 5) is 20.3. The number of anilines is 3. The maximum atomic E-state index is 11.4. The van der Waals surface area contributed by atoms with Crippen LogP contribution in [0.15, 0.2) is 78.1 Å². The Bertz CT molecular complexity index is 1160. The van der Waals surface area contributed by atoms with Gasteiger partial charge in [-0.05, 0) is 78.4 Å². The third-order valence-electron chi connectivity index (χ3n) is 5.93. The van der Waals surface area contributed by atoms with Crippen LogP contribution in [-0.4, -0.2) is 22.9 Å². The fourth-order valence-electron chi connectivity index (χ4n) is 4.24. The molecule has 5 rings (SSSR count). The molecule has 2 aliphatic rings. The van der Waals surface area contributed by atoms with E-state index in [4.69, 9.17) is 5.73 Å². The van der Waals surface area contributed by atoms with Gasteiger partial charge in [0.15, 0.2) is 5.50 Å². The molecular weight excluding hydrogens is 418 g/mol. The zero-order valence-corrected chi connectivity index (χ0v) is 18.7. The lowest BCUT2D eigenvalue weighted by Crippen LogP contribution is -2.34. The molecule has 1 amide bonds. The molecule has 32 heavy (non-hydrogen) atoms. The van der Waals surface area contributed by atoms with Crippen molar-refractivity contribution in [2.24, 2.45) is 5.73 Å². The summed E-state index contributed by atoms with van der Waals surface area (Å²) in [7, 11) is 0. The highest BCUT2D eigenvalue weighted by Gasteiger charge is 2.26. The zero-order chi connectivity index (χ0) is 22.1. The molecular formula is C25H25N5OS. The minimum absolute atomic E-state index is 0.0892. The third kappa shape index (κ3) is 4.03. The van der Waals surface area contributed by atoms with Crippen LogP contribution in [0, 0.1) is 0 Å². The molecule has 0 spiro atoms. The fraction of sp³-hybridized carbons (Fsp3) is 0.200. The highest BCUT2D eigenvalue weighted by Crippen LogP contribution is 2.36. The summed E-state index contributed by atoms with van der Waals surface area (Å²) in [6, 6.07) is 18.4. The molecule has 0 fully saturated rings. The van der Waals surface area contributed by atoms with E-state index in [1.807, 2.05) is 30.5 Å². The predicted octanol–water partition coefficient (Wildman–Crippen LogP) is 4.55. The summed E-state index contributed by atoms with van der Waals surface area (Å²) in [6.45, 7) is 3.86. The molecule has 0 saturated heterocycles. The van der Waals surface area contributed by atoms with Crippen molar-refractivity contribution in [3.8, 4) is 0 Å². The Morgan fingerprint density at radius 1 is 1.12 bits per heavy atom. The maximum absolute atomic E-state index is 11.4. The highest BCUT2D eigenvalue weighted by atomic mass is 32.2.